The van der Waals surface area contributed by atoms with Gasteiger partial charge < -0.3 is 0 Å². The van der Waals surface area contributed by atoms with Gasteiger partial charge in [-0.05, 0) is 36.5 Å². The van der Waals surface area contributed by atoms with E-state index in [2.05, 4.69) is 18.0 Å². The van der Waals surface area contributed by atoms with Gasteiger partial charge in [0.25, 0.3) is 5.56 Å². The predicted molar refractivity (Wildman–Crippen MR) is 132 cm³/mol. The van der Waals surface area contributed by atoms with Crippen LogP contribution in [0, 0.1) is 18.3 Å². The zero-order valence-corrected chi connectivity index (χ0v) is 19.7. The van der Waals surface area contributed by atoms with Gasteiger partial charge in [0.1, 0.15) is 16.9 Å². The number of hydrogen-bond donors (Lipinski definition) is 0. The van der Waals surface area contributed by atoms with Crippen LogP contribution in [0.5, 0.6) is 0 Å². The summed E-state index contributed by atoms with van der Waals surface area (Å²) in [5.41, 5.74) is 4.80. The van der Waals surface area contributed by atoms with Crippen LogP contribution in [0.4, 0.5) is 0 Å². The lowest BCUT2D eigenvalue weighted by atomic mass is 9.92. The Bertz CT molecular complexity index is 1340. The second-order valence-corrected chi connectivity index (χ2v) is 8.98. The summed E-state index contributed by atoms with van der Waals surface area (Å²) in [6.07, 6.45) is 4.87. The van der Waals surface area contributed by atoms with Crippen LogP contribution in [-0.2, 0) is 19.4 Å². The van der Waals surface area contributed by atoms with Crippen molar-refractivity contribution in [1.82, 2.24) is 14.5 Å². The van der Waals surface area contributed by atoms with Crippen LogP contribution in [0.1, 0.15) is 53.0 Å². The Balaban J connectivity index is 1.81. The van der Waals surface area contributed by atoms with E-state index in [1.807, 2.05) is 60.8 Å². The highest BCUT2D eigenvalue weighted by molar-refractivity contribution is 7.09. The van der Waals surface area contributed by atoms with Crippen molar-refractivity contribution in [3.8, 4) is 17.2 Å². The monoisotopic (exact) mass is 454 g/mol. The van der Waals surface area contributed by atoms with Gasteiger partial charge in [-0.15, -0.1) is 11.3 Å². The first-order chi connectivity index (χ1) is 16.1. The van der Waals surface area contributed by atoms with Gasteiger partial charge in [-0.3, -0.25) is 9.36 Å². The lowest BCUT2D eigenvalue weighted by Gasteiger charge is -2.16. The summed E-state index contributed by atoms with van der Waals surface area (Å²) >= 11 is 1.53. The quantitative estimate of drug-likeness (QED) is 0.351. The molecule has 0 aliphatic carbocycles. The fourth-order valence-electron chi connectivity index (χ4n) is 4.07. The number of hydrogen-bond acceptors (Lipinski definition) is 5. The number of rotatable bonds is 8. The van der Waals surface area contributed by atoms with Crippen molar-refractivity contribution in [2.45, 2.75) is 46.1 Å². The van der Waals surface area contributed by atoms with Gasteiger partial charge in [0.15, 0.2) is 0 Å². The predicted octanol–water partition coefficient (Wildman–Crippen LogP) is 5.53. The molecular formula is C27H26N4OS. The molecule has 0 amide bonds. The molecule has 2 aromatic heterocycles. The molecule has 0 atom stereocenters. The van der Waals surface area contributed by atoms with Crippen molar-refractivity contribution in [3.63, 3.8) is 0 Å². The van der Waals surface area contributed by atoms with Crippen molar-refractivity contribution >= 4 is 11.3 Å². The van der Waals surface area contributed by atoms with Gasteiger partial charge in [-0.25, -0.2) is 9.97 Å². The van der Waals surface area contributed by atoms with Crippen LogP contribution < -0.4 is 5.56 Å². The molecule has 4 aromatic rings. The molecule has 6 heteroatoms. The molecule has 4 rings (SSSR count). The molecule has 0 saturated carbocycles. The molecule has 2 aromatic carbocycles. The molecule has 0 saturated heterocycles. The molecule has 2 heterocycles. The van der Waals surface area contributed by atoms with Crippen LogP contribution in [0.15, 0.2) is 64.9 Å². The molecule has 0 N–H and O–H groups in total. The molecule has 0 fully saturated rings. The average Bonchev–Trinajstić information content (AvgIpc) is 3.36. The highest BCUT2D eigenvalue weighted by atomic mass is 32.1. The first-order valence-corrected chi connectivity index (χ1v) is 12.0. The largest absolute Gasteiger partial charge is 0.290 e. The SMILES string of the molecule is CCCCc1nc(C)n(Cc2nccs2)c(=O)c1Cc1cccc(-c2ccccc2)c1C#N. The Labute approximate surface area is 198 Å². The molecule has 0 aliphatic rings. The number of benzene rings is 2. The van der Waals surface area contributed by atoms with Gasteiger partial charge in [0, 0.05) is 23.6 Å². The van der Waals surface area contributed by atoms with Crippen molar-refractivity contribution in [2.75, 3.05) is 0 Å². The zero-order valence-electron chi connectivity index (χ0n) is 18.9. The van der Waals surface area contributed by atoms with E-state index in [1.165, 1.54) is 11.3 Å². The maximum atomic E-state index is 13.7. The van der Waals surface area contributed by atoms with Crippen molar-refractivity contribution in [3.05, 3.63) is 104 Å². The third-order valence-corrected chi connectivity index (χ3v) is 6.56. The summed E-state index contributed by atoms with van der Waals surface area (Å²) in [5, 5.41) is 12.8. The molecule has 0 bridgehead atoms. The zero-order chi connectivity index (χ0) is 23.2. The highest BCUT2D eigenvalue weighted by Gasteiger charge is 2.18. The van der Waals surface area contributed by atoms with E-state index in [1.54, 1.807) is 10.8 Å². The lowest BCUT2D eigenvalue weighted by Crippen LogP contribution is -2.30. The fourth-order valence-corrected chi connectivity index (χ4v) is 4.67. The van der Waals surface area contributed by atoms with Crippen molar-refractivity contribution < 1.29 is 0 Å². The third kappa shape index (κ3) is 4.94. The van der Waals surface area contributed by atoms with E-state index < -0.39 is 0 Å². The minimum atomic E-state index is -0.0437. The molecule has 166 valence electrons. The molecule has 33 heavy (non-hydrogen) atoms. The Hall–Kier alpha value is -3.56. The van der Waals surface area contributed by atoms with Gasteiger partial charge in [0.05, 0.1) is 17.8 Å². The Kier molecular flexibility index (Phi) is 7.11. The summed E-state index contributed by atoms with van der Waals surface area (Å²) in [4.78, 5) is 22.9. The summed E-state index contributed by atoms with van der Waals surface area (Å²) in [6, 6.07) is 18.1. The molecule has 5 nitrogen and oxygen atoms in total. The van der Waals surface area contributed by atoms with Gasteiger partial charge in [-0.2, -0.15) is 5.26 Å². The van der Waals surface area contributed by atoms with Crippen LogP contribution in [0.25, 0.3) is 11.1 Å². The number of aromatic nitrogens is 3. The van der Waals surface area contributed by atoms with Crippen LogP contribution >= 0.6 is 11.3 Å². The van der Waals surface area contributed by atoms with E-state index in [0.717, 1.165) is 46.7 Å². The van der Waals surface area contributed by atoms with Crippen LogP contribution in [0.2, 0.25) is 0 Å². The lowest BCUT2D eigenvalue weighted by molar-refractivity contribution is 0.660. The fraction of sp³-hybridized carbons (Fsp3) is 0.259. The Morgan fingerprint density at radius 1 is 1.12 bits per heavy atom. The van der Waals surface area contributed by atoms with E-state index in [9.17, 15) is 10.1 Å². The standard InChI is InChI=1S/C27H26N4OS/c1-3-4-13-25-23(27(32)31(19(2)30-25)18-26-29-14-15-33-26)16-21-11-8-12-22(24(21)17-28)20-9-6-5-7-10-20/h5-12,14-15H,3-4,13,16,18H2,1-2H3. The van der Waals surface area contributed by atoms with Gasteiger partial charge in [-0.1, -0.05) is 61.9 Å². The maximum absolute atomic E-state index is 13.7. The Morgan fingerprint density at radius 3 is 2.64 bits per heavy atom. The first kappa shape index (κ1) is 22.6. The maximum Gasteiger partial charge on any atom is 0.257 e. The number of nitriles is 1. The van der Waals surface area contributed by atoms with E-state index in [0.29, 0.717) is 29.9 Å². The van der Waals surface area contributed by atoms with E-state index in [4.69, 9.17) is 4.98 Å². The topological polar surface area (TPSA) is 71.6 Å². The van der Waals surface area contributed by atoms with Crippen LogP contribution in [0.3, 0.4) is 0 Å². The Morgan fingerprint density at radius 2 is 1.94 bits per heavy atom. The smallest absolute Gasteiger partial charge is 0.257 e. The second-order valence-electron chi connectivity index (χ2n) is 8.00. The van der Waals surface area contributed by atoms with E-state index >= 15 is 0 Å². The molecule has 0 unspecified atom stereocenters. The normalized spacial score (nSPS) is 10.8. The van der Waals surface area contributed by atoms with Gasteiger partial charge in [0.2, 0.25) is 0 Å². The molecule has 0 radical (unpaired) electrons. The average molecular weight is 455 g/mol. The summed E-state index contributed by atoms with van der Waals surface area (Å²) < 4.78 is 1.71. The highest BCUT2D eigenvalue weighted by Crippen LogP contribution is 2.27. The summed E-state index contributed by atoms with van der Waals surface area (Å²) in [7, 11) is 0. The molecule has 0 aliphatic heterocycles. The number of unbranched alkanes of at least 4 members (excludes halogenated alkanes) is 1. The summed E-state index contributed by atoms with van der Waals surface area (Å²) in [5.74, 6) is 0.698. The second kappa shape index (κ2) is 10.4. The number of thiazole rings is 1. The third-order valence-electron chi connectivity index (χ3n) is 5.80. The minimum Gasteiger partial charge on any atom is -0.290 e. The summed E-state index contributed by atoms with van der Waals surface area (Å²) in [6.45, 7) is 4.42. The first-order valence-electron chi connectivity index (χ1n) is 11.2. The molecular weight excluding hydrogens is 428 g/mol. The van der Waals surface area contributed by atoms with E-state index in [-0.39, 0.29) is 5.56 Å². The minimum absolute atomic E-state index is 0.0437. The van der Waals surface area contributed by atoms with Crippen molar-refractivity contribution in [2.24, 2.45) is 0 Å². The number of aryl methyl sites for hydroxylation is 2. The number of nitrogens with zero attached hydrogens (tertiary/aromatic N) is 4. The van der Waals surface area contributed by atoms with Crippen LogP contribution in [-0.4, -0.2) is 14.5 Å². The van der Waals surface area contributed by atoms with Crippen molar-refractivity contribution in [1.29, 1.82) is 5.26 Å². The molecule has 0 spiro atoms. The van der Waals surface area contributed by atoms with Gasteiger partial charge >= 0.3 is 0 Å².